The van der Waals surface area contributed by atoms with E-state index in [4.69, 9.17) is 10.00 Å². The molecular formula is C31H33F2N5O7S. The highest BCUT2D eigenvalue weighted by atomic mass is 32.2. The number of fused-ring (bicyclic) bond motifs is 1. The van der Waals surface area contributed by atoms with Gasteiger partial charge in [0.15, 0.2) is 16.0 Å². The van der Waals surface area contributed by atoms with Gasteiger partial charge in [-0.1, -0.05) is 12.1 Å². The number of alkyl carbamates (subject to hydrolysis) is 1. The molecule has 1 atom stereocenters. The fourth-order valence-electron chi connectivity index (χ4n) is 4.92. The minimum Gasteiger partial charge on any atom is -0.618 e. The molecule has 46 heavy (non-hydrogen) atoms. The lowest BCUT2D eigenvalue weighted by Crippen LogP contribution is -2.43. The fourth-order valence-corrected chi connectivity index (χ4v) is 6.23. The molecule has 0 spiro atoms. The van der Waals surface area contributed by atoms with Gasteiger partial charge in [-0.15, -0.1) is 0 Å². The summed E-state index contributed by atoms with van der Waals surface area (Å²) < 4.78 is 58.9. The van der Waals surface area contributed by atoms with E-state index in [-0.39, 0.29) is 40.1 Å². The lowest BCUT2D eigenvalue weighted by Gasteiger charge is -2.19. The number of hydrogen-bond acceptors (Lipinski definition) is 8. The average molecular weight is 658 g/mol. The zero-order chi connectivity index (χ0) is 33.9. The second kappa shape index (κ2) is 13.3. The lowest BCUT2D eigenvalue weighted by molar-refractivity contribution is -0.577. The van der Waals surface area contributed by atoms with Gasteiger partial charge in [-0.05, 0) is 62.6 Å². The van der Waals surface area contributed by atoms with Crippen LogP contribution in [0.15, 0.2) is 59.6 Å². The van der Waals surface area contributed by atoms with Gasteiger partial charge in [0, 0.05) is 25.1 Å². The van der Waals surface area contributed by atoms with E-state index in [9.17, 15) is 36.8 Å². The van der Waals surface area contributed by atoms with E-state index in [1.165, 1.54) is 24.3 Å². The van der Waals surface area contributed by atoms with Crippen LogP contribution in [0.3, 0.4) is 0 Å². The van der Waals surface area contributed by atoms with Crippen LogP contribution in [0.25, 0.3) is 22.0 Å². The van der Waals surface area contributed by atoms with Gasteiger partial charge in [0.2, 0.25) is 11.4 Å². The molecule has 3 aromatic rings. The number of halogens is 2. The van der Waals surface area contributed by atoms with E-state index in [2.05, 4.69) is 10.6 Å². The van der Waals surface area contributed by atoms with Crippen LogP contribution in [0.1, 0.15) is 44.0 Å². The number of nitriles is 1. The maximum Gasteiger partial charge on any atom is 0.407 e. The van der Waals surface area contributed by atoms with Crippen molar-refractivity contribution in [3.8, 4) is 17.2 Å². The number of benzene rings is 2. The highest BCUT2D eigenvalue weighted by Gasteiger charge is 2.47. The number of ether oxygens (including phenoxy) is 1. The van der Waals surface area contributed by atoms with Crippen LogP contribution >= 0.6 is 0 Å². The predicted octanol–water partition coefficient (Wildman–Crippen LogP) is 3.32. The first-order chi connectivity index (χ1) is 21.5. The molecule has 1 saturated heterocycles. The van der Waals surface area contributed by atoms with Crippen molar-refractivity contribution in [3.05, 3.63) is 65.5 Å². The molecule has 12 nitrogen and oxygen atoms in total. The lowest BCUT2D eigenvalue weighted by atomic mass is 10.0. The van der Waals surface area contributed by atoms with Gasteiger partial charge in [0.1, 0.15) is 11.6 Å². The quantitative estimate of drug-likeness (QED) is 0.200. The second-order valence-electron chi connectivity index (χ2n) is 11.8. The number of nitrogens with zero attached hydrogens (tertiary/aromatic N) is 3. The zero-order valence-corrected chi connectivity index (χ0v) is 26.2. The van der Waals surface area contributed by atoms with Crippen molar-refractivity contribution >= 4 is 38.6 Å². The summed E-state index contributed by atoms with van der Waals surface area (Å²) in [6.45, 7) is 3.72. The molecule has 2 heterocycles. The Hall–Kier alpha value is -4.84. The van der Waals surface area contributed by atoms with Gasteiger partial charge < -0.3 is 25.5 Å². The Bertz CT molecular complexity index is 1800. The molecular weight excluding hydrogens is 624 g/mol. The number of rotatable bonds is 9. The van der Waals surface area contributed by atoms with Crippen molar-refractivity contribution in [1.29, 1.82) is 5.26 Å². The number of alkyl halides is 2. The molecule has 1 aromatic heterocycles. The van der Waals surface area contributed by atoms with Gasteiger partial charge in [-0.3, -0.25) is 9.59 Å². The number of likely N-dealkylation sites (tertiary alicyclic amines) is 1. The van der Waals surface area contributed by atoms with Crippen LogP contribution in [0, 0.1) is 16.5 Å². The standard InChI is InChI=1S/C31H33F2N5O7S/c1-30(2,3)45-29(41)35-12-4-14-46(43,44)23-8-5-20(6-9-23)21-7-10-26-25(15-21)24(11-13-38(26)42)28(40)36-18-27(39)37-19-31(32,33)16-22(37)17-34/h5-11,13,15,22H,4,12,14,16,18-19H2,1-3H3,(H,35,41)(H,36,40)/t22-/m0/s1. The summed E-state index contributed by atoms with van der Waals surface area (Å²) in [4.78, 5) is 38.2. The molecule has 3 amide bonds. The van der Waals surface area contributed by atoms with E-state index in [0.717, 1.165) is 11.1 Å². The Kier molecular flexibility index (Phi) is 9.81. The molecule has 4 rings (SSSR count). The Morgan fingerprint density at radius 3 is 2.43 bits per heavy atom. The number of pyridine rings is 1. The third-order valence-electron chi connectivity index (χ3n) is 7.09. The molecule has 0 unspecified atom stereocenters. The molecule has 0 aliphatic carbocycles. The topological polar surface area (TPSA) is 173 Å². The first kappa shape index (κ1) is 34.0. The summed E-state index contributed by atoms with van der Waals surface area (Å²) >= 11 is 0. The first-order valence-corrected chi connectivity index (χ1v) is 16.0. The third kappa shape index (κ3) is 8.25. The van der Waals surface area contributed by atoms with E-state index >= 15 is 0 Å². The molecule has 1 fully saturated rings. The monoisotopic (exact) mass is 657 g/mol. The number of sulfone groups is 1. The summed E-state index contributed by atoms with van der Waals surface area (Å²) in [7, 11) is -3.66. The van der Waals surface area contributed by atoms with Crippen LogP contribution < -0.4 is 15.4 Å². The fraction of sp³-hybridized carbons (Fsp3) is 0.387. The van der Waals surface area contributed by atoms with Crippen LogP contribution in [-0.2, 0) is 19.4 Å². The Labute approximate surface area is 264 Å². The van der Waals surface area contributed by atoms with Crippen LogP contribution in [-0.4, -0.2) is 74.2 Å². The van der Waals surface area contributed by atoms with Gasteiger partial charge in [-0.2, -0.15) is 9.99 Å². The maximum absolute atomic E-state index is 13.7. The summed E-state index contributed by atoms with van der Waals surface area (Å²) in [5.41, 5.74) is 0.665. The third-order valence-corrected chi connectivity index (χ3v) is 8.91. The minimum atomic E-state index is -3.66. The Balaban J connectivity index is 1.45. The normalized spacial score (nSPS) is 16.1. The van der Waals surface area contributed by atoms with Gasteiger partial charge in [0.25, 0.3) is 11.8 Å². The Morgan fingerprint density at radius 1 is 1.11 bits per heavy atom. The number of carbonyl (C=O) groups excluding carboxylic acids is 3. The molecule has 244 valence electrons. The molecule has 2 aromatic carbocycles. The van der Waals surface area contributed by atoms with Crippen molar-refractivity contribution in [3.63, 3.8) is 0 Å². The molecule has 2 N–H and O–H groups in total. The van der Waals surface area contributed by atoms with Crippen molar-refractivity contribution in [1.82, 2.24) is 15.5 Å². The highest BCUT2D eigenvalue weighted by Crippen LogP contribution is 2.32. The number of amides is 3. The summed E-state index contributed by atoms with van der Waals surface area (Å²) in [5, 5.41) is 26.7. The van der Waals surface area contributed by atoms with Crippen LogP contribution in [0.2, 0.25) is 0 Å². The van der Waals surface area contributed by atoms with E-state index in [0.29, 0.717) is 15.9 Å². The minimum absolute atomic E-state index is 0.0412. The number of aromatic nitrogens is 1. The zero-order valence-electron chi connectivity index (χ0n) is 25.4. The van der Waals surface area contributed by atoms with Gasteiger partial charge in [0.05, 0.1) is 40.8 Å². The van der Waals surface area contributed by atoms with E-state index < -0.39 is 64.8 Å². The molecule has 0 bridgehead atoms. The smallest absolute Gasteiger partial charge is 0.407 e. The molecule has 1 aliphatic heterocycles. The first-order valence-electron chi connectivity index (χ1n) is 14.3. The Morgan fingerprint density at radius 2 is 1.78 bits per heavy atom. The van der Waals surface area contributed by atoms with Crippen molar-refractivity contribution < 1.29 is 41.0 Å². The second-order valence-corrected chi connectivity index (χ2v) is 13.9. The number of carbonyl (C=O) groups is 3. The number of nitrogens with one attached hydrogen (secondary N) is 2. The average Bonchev–Trinajstić information content (AvgIpc) is 3.31. The number of hydrogen-bond donors (Lipinski definition) is 2. The summed E-state index contributed by atoms with van der Waals surface area (Å²) in [5.74, 6) is -4.99. The maximum atomic E-state index is 13.7. The van der Waals surface area contributed by atoms with Crippen molar-refractivity contribution in [2.24, 2.45) is 0 Å². The molecule has 1 aliphatic rings. The van der Waals surface area contributed by atoms with E-state index in [1.54, 1.807) is 51.1 Å². The SMILES string of the molecule is CC(C)(C)OC(=O)NCCCS(=O)(=O)c1ccc(-c2ccc3c(c2)c(C(=O)NCC(=O)N2CC(F)(F)C[C@H]2C#N)cc[n+]3[O-])cc1. The van der Waals surface area contributed by atoms with Crippen molar-refractivity contribution in [2.75, 3.05) is 25.4 Å². The molecule has 0 radical (unpaired) electrons. The predicted molar refractivity (Wildman–Crippen MR) is 162 cm³/mol. The molecule has 0 saturated carbocycles. The highest BCUT2D eigenvalue weighted by molar-refractivity contribution is 7.91. The summed E-state index contributed by atoms with van der Waals surface area (Å²) in [6.07, 6.45) is -0.125. The molecule has 15 heteroatoms. The van der Waals surface area contributed by atoms with Gasteiger partial charge >= 0.3 is 6.09 Å². The van der Waals surface area contributed by atoms with Crippen LogP contribution in [0.5, 0.6) is 0 Å². The van der Waals surface area contributed by atoms with Crippen molar-refractivity contribution in [2.45, 2.75) is 56.1 Å². The van der Waals surface area contributed by atoms with Gasteiger partial charge in [-0.25, -0.2) is 22.0 Å². The summed E-state index contributed by atoms with van der Waals surface area (Å²) in [6, 6.07) is 12.4. The van der Waals surface area contributed by atoms with Crippen LogP contribution in [0.4, 0.5) is 13.6 Å². The largest absolute Gasteiger partial charge is 0.618 e. The van der Waals surface area contributed by atoms with E-state index in [1.807, 2.05) is 0 Å².